The summed E-state index contributed by atoms with van der Waals surface area (Å²) in [6, 6.07) is 0. The van der Waals surface area contributed by atoms with E-state index in [1.807, 2.05) is 11.8 Å². The van der Waals surface area contributed by atoms with Crippen molar-refractivity contribution < 1.29 is 9.90 Å². The van der Waals surface area contributed by atoms with Crippen LogP contribution >= 0.6 is 0 Å². The third kappa shape index (κ3) is 1.70. The summed E-state index contributed by atoms with van der Waals surface area (Å²) in [4.78, 5) is 12.5. The second kappa shape index (κ2) is 3.19. The Labute approximate surface area is 66.0 Å². The lowest BCUT2D eigenvalue weighted by Gasteiger charge is -2.16. The topological polar surface area (TPSA) is 66.6 Å². The van der Waals surface area contributed by atoms with Crippen molar-refractivity contribution in [2.45, 2.75) is 19.6 Å². The maximum atomic E-state index is 10.7. The number of likely N-dealkylation sites (tertiary alicyclic amines) is 1. The van der Waals surface area contributed by atoms with Crippen LogP contribution in [0.25, 0.3) is 0 Å². The second-order valence-electron chi connectivity index (χ2n) is 2.90. The lowest BCUT2D eigenvalue weighted by Crippen LogP contribution is -2.30. The second-order valence-corrected chi connectivity index (χ2v) is 2.90. The van der Waals surface area contributed by atoms with E-state index in [1.54, 1.807) is 0 Å². The molecule has 0 spiro atoms. The van der Waals surface area contributed by atoms with E-state index in [2.05, 4.69) is 0 Å². The van der Waals surface area contributed by atoms with E-state index < -0.39 is 6.23 Å². The molecule has 64 valence electrons. The standard InChI is InChI=1S/C7H14N2O2/c1-2-9-4-5(7(8)11)3-6(9)10/h5-6,10H,2-4H2,1H3,(H2,8,11). The fourth-order valence-electron chi connectivity index (χ4n) is 1.43. The zero-order valence-electron chi connectivity index (χ0n) is 6.66. The zero-order valence-corrected chi connectivity index (χ0v) is 6.66. The van der Waals surface area contributed by atoms with Crippen LogP contribution in [-0.4, -0.2) is 35.2 Å². The van der Waals surface area contributed by atoms with Gasteiger partial charge < -0.3 is 10.8 Å². The van der Waals surface area contributed by atoms with Gasteiger partial charge in [-0.3, -0.25) is 9.69 Å². The highest BCUT2D eigenvalue weighted by atomic mass is 16.3. The van der Waals surface area contributed by atoms with Crippen molar-refractivity contribution in [2.75, 3.05) is 13.1 Å². The van der Waals surface area contributed by atoms with Crippen molar-refractivity contribution in [3.05, 3.63) is 0 Å². The number of hydrogen-bond donors (Lipinski definition) is 2. The van der Waals surface area contributed by atoms with Crippen molar-refractivity contribution >= 4 is 5.91 Å². The van der Waals surface area contributed by atoms with Crippen LogP contribution in [-0.2, 0) is 4.79 Å². The number of nitrogens with two attached hydrogens (primary N) is 1. The van der Waals surface area contributed by atoms with Gasteiger partial charge in [-0.2, -0.15) is 0 Å². The summed E-state index contributed by atoms with van der Waals surface area (Å²) in [5.74, 6) is -0.468. The van der Waals surface area contributed by atoms with Crippen LogP contribution in [0.4, 0.5) is 0 Å². The molecule has 1 saturated heterocycles. The maximum absolute atomic E-state index is 10.7. The summed E-state index contributed by atoms with van der Waals surface area (Å²) >= 11 is 0. The Bertz CT molecular complexity index is 161. The first kappa shape index (κ1) is 8.49. The Kier molecular flexibility index (Phi) is 2.46. The van der Waals surface area contributed by atoms with Crippen LogP contribution < -0.4 is 5.73 Å². The minimum atomic E-state index is -0.475. The Morgan fingerprint density at radius 3 is 2.73 bits per heavy atom. The van der Waals surface area contributed by atoms with Crippen molar-refractivity contribution in [1.29, 1.82) is 0 Å². The van der Waals surface area contributed by atoms with Gasteiger partial charge in [-0.15, -0.1) is 0 Å². The Hall–Kier alpha value is -0.610. The molecular formula is C7H14N2O2. The number of aliphatic hydroxyl groups is 1. The van der Waals surface area contributed by atoms with E-state index in [0.29, 0.717) is 13.0 Å². The third-order valence-electron chi connectivity index (χ3n) is 2.18. The number of carbonyl (C=O) groups excluding carboxylic acids is 1. The number of rotatable bonds is 2. The Morgan fingerprint density at radius 1 is 1.82 bits per heavy atom. The Balaban J connectivity index is 2.49. The lowest BCUT2D eigenvalue weighted by molar-refractivity contribution is -0.121. The molecule has 0 aromatic carbocycles. The SMILES string of the molecule is CCN1CC(C(N)=O)CC1O. The van der Waals surface area contributed by atoms with Crippen LogP contribution in [0.1, 0.15) is 13.3 Å². The number of primary amides is 1. The molecule has 1 amide bonds. The van der Waals surface area contributed by atoms with E-state index in [4.69, 9.17) is 5.73 Å². The van der Waals surface area contributed by atoms with Gasteiger partial charge in [0, 0.05) is 6.54 Å². The van der Waals surface area contributed by atoms with E-state index in [1.165, 1.54) is 0 Å². The monoisotopic (exact) mass is 158 g/mol. The van der Waals surface area contributed by atoms with Gasteiger partial charge in [-0.1, -0.05) is 6.92 Å². The van der Waals surface area contributed by atoms with Crippen LogP contribution in [0.15, 0.2) is 0 Å². The molecule has 2 unspecified atom stereocenters. The molecule has 1 fully saturated rings. The van der Waals surface area contributed by atoms with E-state index in [-0.39, 0.29) is 11.8 Å². The molecule has 1 aliphatic rings. The van der Waals surface area contributed by atoms with E-state index >= 15 is 0 Å². The van der Waals surface area contributed by atoms with Crippen molar-refractivity contribution in [3.8, 4) is 0 Å². The summed E-state index contributed by atoms with van der Waals surface area (Å²) in [6.45, 7) is 3.32. The molecule has 1 rings (SSSR count). The van der Waals surface area contributed by atoms with Crippen LogP contribution in [0.3, 0.4) is 0 Å². The molecule has 0 aliphatic carbocycles. The molecule has 3 N–H and O–H groups in total. The number of nitrogens with zero attached hydrogens (tertiary/aromatic N) is 1. The summed E-state index contributed by atoms with van der Waals surface area (Å²) in [5, 5.41) is 9.33. The summed E-state index contributed by atoms with van der Waals surface area (Å²) in [5.41, 5.74) is 5.10. The Morgan fingerprint density at radius 2 is 2.45 bits per heavy atom. The molecule has 0 radical (unpaired) electrons. The molecular weight excluding hydrogens is 144 g/mol. The molecule has 0 aromatic heterocycles. The molecule has 11 heavy (non-hydrogen) atoms. The summed E-state index contributed by atoms with van der Waals surface area (Å²) < 4.78 is 0. The van der Waals surface area contributed by atoms with Crippen molar-refractivity contribution in [2.24, 2.45) is 11.7 Å². The van der Waals surface area contributed by atoms with Gasteiger partial charge in [-0.05, 0) is 13.0 Å². The summed E-state index contributed by atoms with van der Waals surface area (Å²) in [7, 11) is 0. The predicted octanol–water partition coefficient (Wildman–Crippen LogP) is -0.868. The highest BCUT2D eigenvalue weighted by Gasteiger charge is 2.32. The molecule has 0 aromatic rings. The van der Waals surface area contributed by atoms with E-state index in [9.17, 15) is 9.90 Å². The first-order chi connectivity index (χ1) is 5.15. The van der Waals surface area contributed by atoms with Gasteiger partial charge in [0.2, 0.25) is 5.91 Å². The molecule has 1 aliphatic heterocycles. The largest absolute Gasteiger partial charge is 0.378 e. The normalized spacial score (nSPS) is 32.5. The molecule has 1 heterocycles. The molecule has 2 atom stereocenters. The lowest BCUT2D eigenvalue weighted by atomic mass is 10.1. The summed E-state index contributed by atoms with van der Waals surface area (Å²) in [6.07, 6.45) is 0.0147. The first-order valence-corrected chi connectivity index (χ1v) is 3.86. The predicted molar refractivity (Wildman–Crippen MR) is 40.6 cm³/mol. The third-order valence-corrected chi connectivity index (χ3v) is 2.18. The molecule has 4 nitrogen and oxygen atoms in total. The average Bonchev–Trinajstić information content (AvgIpc) is 2.31. The quantitative estimate of drug-likeness (QED) is 0.549. The minimum absolute atomic E-state index is 0.162. The van der Waals surface area contributed by atoms with Crippen LogP contribution in [0, 0.1) is 5.92 Å². The number of hydrogen-bond acceptors (Lipinski definition) is 3. The minimum Gasteiger partial charge on any atom is -0.378 e. The van der Waals surface area contributed by atoms with Gasteiger partial charge >= 0.3 is 0 Å². The van der Waals surface area contributed by atoms with Gasteiger partial charge in [0.05, 0.1) is 5.92 Å². The molecule has 4 heteroatoms. The number of amides is 1. The van der Waals surface area contributed by atoms with Gasteiger partial charge in [0.15, 0.2) is 0 Å². The van der Waals surface area contributed by atoms with Crippen molar-refractivity contribution in [1.82, 2.24) is 4.90 Å². The van der Waals surface area contributed by atoms with Crippen molar-refractivity contribution in [3.63, 3.8) is 0 Å². The molecule has 0 bridgehead atoms. The fraction of sp³-hybridized carbons (Fsp3) is 0.857. The highest BCUT2D eigenvalue weighted by molar-refractivity contribution is 5.77. The fourth-order valence-corrected chi connectivity index (χ4v) is 1.43. The van der Waals surface area contributed by atoms with Gasteiger partial charge in [0.1, 0.15) is 6.23 Å². The highest BCUT2D eigenvalue weighted by Crippen LogP contribution is 2.20. The van der Waals surface area contributed by atoms with Crippen LogP contribution in [0.2, 0.25) is 0 Å². The molecule has 0 saturated carbocycles. The number of aliphatic hydroxyl groups excluding tert-OH is 1. The van der Waals surface area contributed by atoms with Gasteiger partial charge in [0.25, 0.3) is 0 Å². The number of carbonyl (C=O) groups is 1. The average molecular weight is 158 g/mol. The smallest absolute Gasteiger partial charge is 0.221 e. The first-order valence-electron chi connectivity index (χ1n) is 3.86. The van der Waals surface area contributed by atoms with E-state index in [0.717, 1.165) is 6.54 Å². The van der Waals surface area contributed by atoms with Crippen LogP contribution in [0.5, 0.6) is 0 Å². The van der Waals surface area contributed by atoms with Gasteiger partial charge in [-0.25, -0.2) is 0 Å². The maximum Gasteiger partial charge on any atom is 0.221 e. The zero-order chi connectivity index (χ0) is 8.43.